The summed E-state index contributed by atoms with van der Waals surface area (Å²) in [5, 5.41) is 0. The molecule has 13 heavy (non-hydrogen) atoms. The van der Waals surface area contributed by atoms with Gasteiger partial charge < -0.3 is 0 Å². The average molecular weight is 259 g/mol. The molecule has 0 unspecified atom stereocenters. The predicted octanol–water partition coefficient (Wildman–Crippen LogP) is 5.29. The van der Waals surface area contributed by atoms with Gasteiger partial charge in [0.1, 0.15) is 7.38 Å². The molecule has 0 aromatic heterocycles. The molecule has 0 saturated heterocycles. The van der Waals surface area contributed by atoms with Crippen LogP contribution in [0.15, 0.2) is 0 Å². The summed E-state index contributed by atoms with van der Waals surface area (Å²) < 4.78 is 0. The Balaban J connectivity index is 0. The lowest BCUT2D eigenvalue weighted by molar-refractivity contribution is 1.22. The molecule has 0 fully saturated rings. The van der Waals surface area contributed by atoms with E-state index in [0.717, 1.165) is 0 Å². The summed E-state index contributed by atoms with van der Waals surface area (Å²) in [5.41, 5.74) is 0. The van der Waals surface area contributed by atoms with Gasteiger partial charge in [0, 0.05) is 0 Å². The van der Waals surface area contributed by atoms with E-state index in [0.29, 0.717) is 0 Å². The molecule has 0 bridgehead atoms. The van der Waals surface area contributed by atoms with Gasteiger partial charge in [-0.05, 0) is 18.1 Å². The molecule has 0 N–H and O–H groups in total. The van der Waals surface area contributed by atoms with Crippen LogP contribution in [0.25, 0.3) is 0 Å². The normalized spacial score (nSPS) is 12.0. The second-order valence-electron chi connectivity index (χ2n) is 4.28. The van der Waals surface area contributed by atoms with Crippen LogP contribution in [0.1, 0.15) is 20.8 Å². The number of hydrogen-bond acceptors (Lipinski definition) is 0. The molecular weight excluding hydrogens is 235 g/mol. The van der Waals surface area contributed by atoms with E-state index in [-0.39, 0.29) is 0 Å². The Labute approximate surface area is 95.4 Å². The van der Waals surface area contributed by atoms with E-state index in [9.17, 15) is 0 Å². The van der Waals surface area contributed by atoms with E-state index in [1.807, 2.05) is 0 Å². The van der Waals surface area contributed by atoms with Crippen LogP contribution < -0.4 is 0 Å². The summed E-state index contributed by atoms with van der Waals surface area (Å²) in [6, 6.07) is 3.67. The zero-order valence-corrected chi connectivity index (χ0v) is 13.4. The molecule has 0 aromatic carbocycles. The molecule has 0 aliphatic rings. The molecule has 82 valence electrons. The Morgan fingerprint density at radius 2 is 0.923 bits per heavy atom. The predicted molar refractivity (Wildman–Crippen MR) is 72.2 cm³/mol. The average Bonchev–Trinajstić information content (AvgIpc) is 2.00. The van der Waals surface area contributed by atoms with E-state index >= 15 is 0 Å². The van der Waals surface area contributed by atoms with E-state index in [2.05, 4.69) is 40.4 Å². The third kappa shape index (κ3) is 15.7. The number of hydrogen-bond donors (Lipinski definition) is 0. The highest BCUT2D eigenvalue weighted by atomic mass is 35.6. The highest BCUT2D eigenvalue weighted by Crippen LogP contribution is 2.23. The lowest BCUT2D eigenvalue weighted by Crippen LogP contribution is -2.22. The first-order valence-corrected chi connectivity index (χ1v) is 13.2. The van der Waals surface area contributed by atoms with E-state index in [4.69, 9.17) is 22.2 Å². The van der Waals surface area contributed by atoms with Gasteiger partial charge in [0.25, 0.3) is 0 Å². The Bertz CT molecular complexity index is 103. The highest BCUT2D eigenvalue weighted by Gasteiger charge is 2.22. The maximum absolute atomic E-state index is 6.23. The van der Waals surface area contributed by atoms with E-state index in [1.54, 1.807) is 0 Å². The standard InChI is InChI=1S/C6H15ClSi.C3H9ClSi/c1-4-8(7,5-2)6-3;1-5(2,3)4/h4-6H2,1-3H3;1-3H3. The highest BCUT2D eigenvalue weighted by molar-refractivity contribution is 7.20. The van der Waals surface area contributed by atoms with Crippen molar-refractivity contribution in [2.24, 2.45) is 0 Å². The zero-order chi connectivity index (χ0) is 11.1. The summed E-state index contributed by atoms with van der Waals surface area (Å²) in [6.07, 6.45) is 0. The summed E-state index contributed by atoms with van der Waals surface area (Å²) >= 11 is 11.9. The minimum Gasteiger partial charge on any atom is -0.168 e. The van der Waals surface area contributed by atoms with Gasteiger partial charge in [-0.25, -0.2) is 0 Å². The summed E-state index contributed by atoms with van der Waals surface area (Å²) in [6.45, 7) is 12.9. The first-order valence-electron chi connectivity index (χ1n) is 5.06. The number of rotatable bonds is 3. The second kappa shape index (κ2) is 7.32. The van der Waals surface area contributed by atoms with Crippen LogP contribution in [-0.4, -0.2) is 14.8 Å². The minimum atomic E-state index is -1.20. The van der Waals surface area contributed by atoms with Gasteiger partial charge in [-0.15, -0.1) is 0 Å². The molecule has 0 amide bonds. The Morgan fingerprint density at radius 1 is 0.769 bits per heavy atom. The minimum absolute atomic E-state index is 1.14. The SMILES string of the molecule is CC[Si](Cl)(CC)CC.C[Si](C)(C)Cl. The number of halogens is 2. The van der Waals surface area contributed by atoms with Crippen molar-refractivity contribution in [2.45, 2.75) is 58.5 Å². The molecule has 0 aliphatic carbocycles. The van der Waals surface area contributed by atoms with Crippen molar-refractivity contribution in [3.8, 4) is 0 Å². The fourth-order valence-electron chi connectivity index (χ4n) is 0.750. The lowest BCUT2D eigenvalue weighted by atomic mass is 10.9. The van der Waals surface area contributed by atoms with Gasteiger partial charge in [0.2, 0.25) is 0 Å². The van der Waals surface area contributed by atoms with Crippen LogP contribution in [0.2, 0.25) is 37.8 Å². The smallest absolute Gasteiger partial charge is 0.155 e. The molecule has 0 heterocycles. The molecule has 0 radical (unpaired) electrons. The summed E-state index contributed by atoms with van der Waals surface area (Å²) in [5.74, 6) is 0. The van der Waals surface area contributed by atoms with Crippen molar-refractivity contribution in [1.29, 1.82) is 0 Å². The lowest BCUT2D eigenvalue weighted by Gasteiger charge is -2.17. The van der Waals surface area contributed by atoms with Crippen LogP contribution >= 0.6 is 22.2 Å². The van der Waals surface area contributed by atoms with Crippen molar-refractivity contribution in [3.05, 3.63) is 0 Å². The topological polar surface area (TPSA) is 0 Å². The van der Waals surface area contributed by atoms with Crippen molar-refractivity contribution in [3.63, 3.8) is 0 Å². The van der Waals surface area contributed by atoms with Gasteiger partial charge in [-0.1, -0.05) is 40.4 Å². The Morgan fingerprint density at radius 3 is 0.923 bits per heavy atom. The van der Waals surface area contributed by atoms with Gasteiger partial charge >= 0.3 is 0 Å². The molecule has 0 nitrogen and oxygen atoms in total. The van der Waals surface area contributed by atoms with E-state index in [1.165, 1.54) is 18.1 Å². The Kier molecular flexibility index (Phi) is 9.26. The fourth-order valence-corrected chi connectivity index (χ4v) is 2.25. The van der Waals surface area contributed by atoms with Gasteiger partial charge in [0.05, 0.1) is 0 Å². The maximum Gasteiger partial charge on any atom is 0.155 e. The van der Waals surface area contributed by atoms with Crippen LogP contribution in [-0.2, 0) is 0 Å². The third-order valence-corrected chi connectivity index (χ3v) is 8.11. The molecule has 0 saturated carbocycles. The van der Waals surface area contributed by atoms with Crippen molar-refractivity contribution in [2.75, 3.05) is 0 Å². The maximum atomic E-state index is 6.23. The van der Waals surface area contributed by atoms with Crippen molar-refractivity contribution < 1.29 is 0 Å². The first kappa shape index (κ1) is 16.4. The fraction of sp³-hybridized carbons (Fsp3) is 1.00. The van der Waals surface area contributed by atoms with Crippen molar-refractivity contribution in [1.82, 2.24) is 0 Å². The monoisotopic (exact) mass is 258 g/mol. The summed E-state index contributed by atoms with van der Waals surface area (Å²) in [4.78, 5) is 0. The molecule has 4 heteroatoms. The second-order valence-corrected chi connectivity index (χ2v) is 18.6. The first-order chi connectivity index (χ1) is 5.68. The quantitative estimate of drug-likeness (QED) is 0.477. The summed E-state index contributed by atoms with van der Waals surface area (Å²) in [7, 11) is -2.34. The van der Waals surface area contributed by atoms with Crippen LogP contribution in [0, 0.1) is 0 Å². The molecule has 0 rings (SSSR count). The van der Waals surface area contributed by atoms with Gasteiger partial charge in [0.15, 0.2) is 7.38 Å². The third-order valence-electron chi connectivity index (χ3n) is 1.90. The largest absolute Gasteiger partial charge is 0.168 e. The molecule has 0 spiro atoms. The Hall–Kier alpha value is 1.01. The van der Waals surface area contributed by atoms with Crippen LogP contribution in [0.3, 0.4) is 0 Å². The van der Waals surface area contributed by atoms with Gasteiger partial charge in [-0.2, -0.15) is 22.2 Å². The molecule has 0 aliphatic heterocycles. The zero-order valence-electron chi connectivity index (χ0n) is 9.88. The van der Waals surface area contributed by atoms with Crippen molar-refractivity contribution >= 4 is 36.9 Å². The van der Waals surface area contributed by atoms with Crippen LogP contribution in [0.5, 0.6) is 0 Å². The van der Waals surface area contributed by atoms with Gasteiger partial charge in [-0.3, -0.25) is 0 Å². The molecule has 0 atom stereocenters. The van der Waals surface area contributed by atoms with Crippen LogP contribution in [0.4, 0.5) is 0 Å². The van der Waals surface area contributed by atoms with E-state index < -0.39 is 14.8 Å². The molecular formula is C9H24Cl2Si2. The molecule has 0 aromatic rings.